The van der Waals surface area contributed by atoms with Crippen LogP contribution in [0.25, 0.3) is 0 Å². The van der Waals surface area contributed by atoms with Gasteiger partial charge in [0, 0.05) is 19.3 Å². The van der Waals surface area contributed by atoms with Crippen LogP contribution in [0.15, 0.2) is 89.9 Å². The predicted octanol–water partition coefficient (Wildman–Crippen LogP) is 5.37. The van der Waals surface area contributed by atoms with Gasteiger partial charge in [-0.3, -0.25) is 9.89 Å². The topological polar surface area (TPSA) is 24.8 Å². The molecule has 0 bridgehead atoms. The molecule has 0 N–H and O–H groups in total. The van der Waals surface area contributed by atoms with Gasteiger partial charge in [0.2, 0.25) is 0 Å². The van der Waals surface area contributed by atoms with Crippen LogP contribution in [-0.2, 0) is 0 Å². The Morgan fingerprint density at radius 3 is 2.21 bits per heavy atom. The van der Waals surface area contributed by atoms with Crippen molar-refractivity contribution in [3.63, 3.8) is 0 Å². The molecule has 1 unspecified atom stereocenters. The normalized spacial score (nSPS) is 16.7. The number of likely N-dealkylation sites (tertiary alicyclic amines) is 1. The summed E-state index contributed by atoms with van der Waals surface area (Å²) >= 11 is 0. The Bertz CT molecular complexity index is 916. The first kappa shape index (κ1) is 19.4. The summed E-state index contributed by atoms with van der Waals surface area (Å²) in [5.41, 5.74) is 3.78. The minimum absolute atomic E-state index is 0.241. The molecule has 148 valence electrons. The molecule has 3 aromatic rings. The molecule has 0 amide bonds. The summed E-state index contributed by atoms with van der Waals surface area (Å²) in [6.45, 7) is 2.07. The van der Waals surface area contributed by atoms with E-state index in [4.69, 9.17) is 9.73 Å². The van der Waals surface area contributed by atoms with E-state index in [9.17, 15) is 0 Å². The highest BCUT2D eigenvalue weighted by Crippen LogP contribution is 2.33. The predicted molar refractivity (Wildman–Crippen MR) is 120 cm³/mol. The van der Waals surface area contributed by atoms with Crippen molar-refractivity contribution < 1.29 is 4.74 Å². The van der Waals surface area contributed by atoms with Crippen LogP contribution in [0.3, 0.4) is 0 Å². The number of benzene rings is 3. The van der Waals surface area contributed by atoms with Crippen molar-refractivity contribution >= 4 is 6.21 Å². The van der Waals surface area contributed by atoms with Crippen molar-refractivity contribution in [3.05, 3.63) is 102 Å². The Labute approximate surface area is 173 Å². The minimum atomic E-state index is 0.241. The minimum Gasteiger partial charge on any atom is -0.497 e. The van der Waals surface area contributed by atoms with Crippen molar-refractivity contribution in [2.75, 3.05) is 20.2 Å². The summed E-state index contributed by atoms with van der Waals surface area (Å²) in [5.74, 6) is 0.908. The Morgan fingerprint density at radius 1 is 0.862 bits per heavy atom. The molecule has 0 saturated carbocycles. The number of nitrogens with zero attached hydrogens (tertiary/aromatic N) is 2. The number of ether oxygens (including phenoxy) is 1. The number of methoxy groups -OCH3 is 1. The summed E-state index contributed by atoms with van der Waals surface area (Å²) in [6.07, 6.45) is 4.18. The second kappa shape index (κ2) is 9.53. The molecule has 0 spiro atoms. The molecule has 1 aliphatic rings. The molecule has 1 aliphatic heterocycles. The summed E-state index contributed by atoms with van der Waals surface area (Å²) < 4.78 is 5.48. The molecule has 3 aromatic carbocycles. The number of aliphatic imine (C=N–C) groups is 1. The average Bonchev–Trinajstić information content (AvgIpc) is 2.80. The zero-order chi connectivity index (χ0) is 19.9. The van der Waals surface area contributed by atoms with Crippen LogP contribution in [0.2, 0.25) is 0 Å². The van der Waals surface area contributed by atoms with E-state index in [0.29, 0.717) is 6.04 Å². The van der Waals surface area contributed by atoms with Crippen LogP contribution in [0, 0.1) is 0 Å². The average molecular weight is 385 g/mol. The van der Waals surface area contributed by atoms with Crippen molar-refractivity contribution in [1.82, 2.24) is 4.90 Å². The highest BCUT2D eigenvalue weighted by Gasteiger charge is 2.27. The summed E-state index contributed by atoms with van der Waals surface area (Å²) in [4.78, 5) is 7.43. The highest BCUT2D eigenvalue weighted by atomic mass is 16.5. The quantitative estimate of drug-likeness (QED) is 0.534. The third-order valence-electron chi connectivity index (χ3n) is 5.62. The summed E-state index contributed by atoms with van der Waals surface area (Å²) in [5, 5.41) is 0. The first-order chi connectivity index (χ1) is 14.3. The lowest BCUT2D eigenvalue weighted by Crippen LogP contribution is -2.38. The van der Waals surface area contributed by atoms with Gasteiger partial charge in [0.1, 0.15) is 5.75 Å². The Morgan fingerprint density at radius 2 is 1.52 bits per heavy atom. The molecule has 1 heterocycles. The van der Waals surface area contributed by atoms with E-state index in [1.807, 2.05) is 18.3 Å². The van der Waals surface area contributed by atoms with Gasteiger partial charge in [-0.05, 0) is 41.7 Å². The lowest BCUT2D eigenvalue weighted by Gasteiger charge is -2.37. The van der Waals surface area contributed by atoms with Crippen molar-refractivity contribution in [1.29, 1.82) is 0 Å². The van der Waals surface area contributed by atoms with Gasteiger partial charge in [-0.2, -0.15) is 0 Å². The highest BCUT2D eigenvalue weighted by molar-refractivity contribution is 5.79. The fourth-order valence-electron chi connectivity index (χ4n) is 4.08. The van der Waals surface area contributed by atoms with Crippen LogP contribution in [0.5, 0.6) is 5.75 Å². The van der Waals surface area contributed by atoms with Gasteiger partial charge in [-0.1, -0.05) is 72.8 Å². The first-order valence-corrected chi connectivity index (χ1v) is 10.3. The van der Waals surface area contributed by atoms with Crippen molar-refractivity contribution in [2.45, 2.75) is 24.9 Å². The lowest BCUT2D eigenvalue weighted by atomic mass is 9.94. The molecule has 1 saturated heterocycles. The molecule has 0 aromatic heterocycles. The van der Waals surface area contributed by atoms with E-state index in [1.54, 1.807) is 7.11 Å². The maximum absolute atomic E-state index is 5.48. The van der Waals surface area contributed by atoms with E-state index in [2.05, 4.69) is 77.7 Å². The Balaban J connectivity index is 1.50. The van der Waals surface area contributed by atoms with Crippen LogP contribution >= 0.6 is 0 Å². The Kier molecular flexibility index (Phi) is 6.38. The van der Waals surface area contributed by atoms with Crippen LogP contribution in [0.1, 0.15) is 35.6 Å². The van der Waals surface area contributed by atoms with Crippen molar-refractivity contribution in [3.8, 4) is 5.75 Å². The number of hydrogen-bond donors (Lipinski definition) is 0. The van der Waals surface area contributed by atoms with Crippen molar-refractivity contribution in [2.24, 2.45) is 4.99 Å². The van der Waals surface area contributed by atoms with Gasteiger partial charge < -0.3 is 4.74 Å². The van der Waals surface area contributed by atoms with E-state index < -0.39 is 0 Å². The van der Waals surface area contributed by atoms with Crippen LogP contribution in [0.4, 0.5) is 0 Å². The van der Waals surface area contributed by atoms with Gasteiger partial charge in [-0.15, -0.1) is 0 Å². The van der Waals surface area contributed by atoms with Gasteiger partial charge in [0.05, 0.1) is 19.2 Å². The standard InChI is InChI=1S/C26H28N2O/c1-29-25-14-8-13-23(19-25)26(22-11-6-3-7-12-22)28-17-15-24(16-18-28)27-20-21-9-4-2-5-10-21/h2-14,19-20,24,26H,15-18H2,1H3/b27-20+. The lowest BCUT2D eigenvalue weighted by molar-refractivity contribution is 0.175. The molecule has 4 rings (SSSR count). The fraction of sp³-hybridized carbons (Fsp3) is 0.269. The molecule has 3 nitrogen and oxygen atoms in total. The molecular formula is C26H28N2O. The third-order valence-corrected chi connectivity index (χ3v) is 5.62. The summed E-state index contributed by atoms with van der Waals surface area (Å²) in [6, 6.07) is 30.2. The molecular weight excluding hydrogens is 356 g/mol. The number of rotatable bonds is 6. The van der Waals surface area contributed by atoms with Crippen LogP contribution < -0.4 is 4.74 Å². The number of piperidine rings is 1. The smallest absolute Gasteiger partial charge is 0.119 e. The monoisotopic (exact) mass is 384 g/mol. The molecule has 29 heavy (non-hydrogen) atoms. The largest absolute Gasteiger partial charge is 0.497 e. The van der Waals surface area contributed by atoms with Crippen LogP contribution in [-0.4, -0.2) is 37.4 Å². The SMILES string of the molecule is COc1cccc(C(c2ccccc2)N2CCC(/N=C/c3ccccc3)CC2)c1. The second-order valence-electron chi connectivity index (χ2n) is 7.55. The van der Waals surface area contributed by atoms with Gasteiger partial charge >= 0.3 is 0 Å². The van der Waals surface area contributed by atoms with Gasteiger partial charge in [-0.25, -0.2) is 0 Å². The van der Waals surface area contributed by atoms with E-state index >= 15 is 0 Å². The zero-order valence-electron chi connectivity index (χ0n) is 16.9. The van der Waals surface area contributed by atoms with E-state index in [1.165, 1.54) is 16.7 Å². The summed E-state index contributed by atoms with van der Waals surface area (Å²) in [7, 11) is 1.73. The Hall–Kier alpha value is -2.91. The molecule has 1 atom stereocenters. The second-order valence-corrected chi connectivity index (χ2v) is 7.55. The molecule has 0 aliphatic carbocycles. The third kappa shape index (κ3) is 4.93. The maximum atomic E-state index is 5.48. The van der Waals surface area contributed by atoms with Gasteiger partial charge in [0.25, 0.3) is 0 Å². The van der Waals surface area contributed by atoms with E-state index in [0.717, 1.165) is 31.7 Å². The number of hydrogen-bond acceptors (Lipinski definition) is 3. The first-order valence-electron chi connectivity index (χ1n) is 10.3. The molecule has 0 radical (unpaired) electrons. The fourth-order valence-corrected chi connectivity index (χ4v) is 4.08. The zero-order valence-corrected chi connectivity index (χ0v) is 16.9. The maximum Gasteiger partial charge on any atom is 0.119 e. The molecule has 1 fully saturated rings. The van der Waals surface area contributed by atoms with Gasteiger partial charge in [0.15, 0.2) is 0 Å². The molecule has 3 heteroatoms. The van der Waals surface area contributed by atoms with E-state index in [-0.39, 0.29) is 6.04 Å².